The van der Waals surface area contributed by atoms with E-state index in [-0.39, 0.29) is 17.0 Å². The molecule has 4 bridgehead atoms. The Morgan fingerprint density at radius 1 is 1.17 bits per heavy atom. The molecular weight excluding hydrogens is 303 g/mol. The number of rotatable bonds is 5. The SMILES string of the molecule is CCC1(OC(=O)C(C)(C)CPC)CC2CC1C1C3CCC(C3)C21. The van der Waals surface area contributed by atoms with E-state index in [4.69, 9.17) is 4.74 Å². The first-order valence-electron chi connectivity index (χ1n) is 9.80. The van der Waals surface area contributed by atoms with Gasteiger partial charge in [0, 0.05) is 5.92 Å². The summed E-state index contributed by atoms with van der Waals surface area (Å²) >= 11 is 0. The molecule has 0 aliphatic heterocycles. The largest absolute Gasteiger partial charge is 0.458 e. The van der Waals surface area contributed by atoms with Crippen molar-refractivity contribution < 1.29 is 9.53 Å². The molecule has 0 aromatic carbocycles. The van der Waals surface area contributed by atoms with E-state index in [1.54, 1.807) is 0 Å². The lowest BCUT2D eigenvalue weighted by Gasteiger charge is -2.46. The molecule has 8 atom stereocenters. The van der Waals surface area contributed by atoms with Crippen LogP contribution in [0.5, 0.6) is 0 Å². The summed E-state index contributed by atoms with van der Waals surface area (Å²) in [6, 6.07) is 0. The van der Waals surface area contributed by atoms with Crippen LogP contribution in [0.25, 0.3) is 0 Å². The highest BCUT2D eigenvalue weighted by Crippen LogP contribution is 2.70. The topological polar surface area (TPSA) is 26.3 Å². The molecule has 4 aliphatic rings. The van der Waals surface area contributed by atoms with Crippen molar-refractivity contribution in [1.29, 1.82) is 0 Å². The maximum Gasteiger partial charge on any atom is 0.312 e. The Bertz CT molecular complexity index is 502. The van der Waals surface area contributed by atoms with Gasteiger partial charge in [0.25, 0.3) is 0 Å². The molecule has 0 aromatic rings. The van der Waals surface area contributed by atoms with Gasteiger partial charge in [-0.15, -0.1) is 8.58 Å². The second kappa shape index (κ2) is 5.45. The van der Waals surface area contributed by atoms with Crippen LogP contribution in [-0.2, 0) is 9.53 Å². The molecule has 0 heterocycles. The summed E-state index contributed by atoms with van der Waals surface area (Å²) < 4.78 is 6.38. The van der Waals surface area contributed by atoms with Crippen molar-refractivity contribution >= 4 is 14.6 Å². The van der Waals surface area contributed by atoms with Crippen LogP contribution < -0.4 is 0 Å². The number of hydrogen-bond donors (Lipinski definition) is 0. The molecule has 0 spiro atoms. The minimum absolute atomic E-state index is 0.0703. The van der Waals surface area contributed by atoms with Gasteiger partial charge in [-0.05, 0) is 94.8 Å². The molecule has 0 N–H and O–H groups in total. The molecule has 0 saturated heterocycles. The molecule has 8 unspecified atom stereocenters. The third-order valence-corrected chi connectivity index (χ3v) is 9.20. The van der Waals surface area contributed by atoms with E-state index in [0.29, 0.717) is 5.92 Å². The highest BCUT2D eigenvalue weighted by Gasteiger charge is 2.67. The van der Waals surface area contributed by atoms with Crippen LogP contribution in [0, 0.1) is 40.9 Å². The molecule has 2 nitrogen and oxygen atoms in total. The molecule has 130 valence electrons. The van der Waals surface area contributed by atoms with Crippen LogP contribution in [0.15, 0.2) is 0 Å². The molecule has 0 aromatic heterocycles. The smallest absolute Gasteiger partial charge is 0.312 e. The summed E-state index contributed by atoms with van der Waals surface area (Å²) in [5.41, 5.74) is -0.438. The summed E-state index contributed by atoms with van der Waals surface area (Å²) in [6.07, 6.45) is 8.90. The highest BCUT2D eigenvalue weighted by molar-refractivity contribution is 7.37. The van der Waals surface area contributed by atoms with Gasteiger partial charge in [-0.1, -0.05) is 6.92 Å². The maximum atomic E-state index is 12.9. The van der Waals surface area contributed by atoms with Crippen LogP contribution in [0.3, 0.4) is 0 Å². The third kappa shape index (κ3) is 2.26. The maximum absolute atomic E-state index is 12.9. The highest BCUT2D eigenvalue weighted by atomic mass is 31.1. The zero-order chi connectivity index (χ0) is 16.4. The minimum atomic E-state index is -0.314. The van der Waals surface area contributed by atoms with Crippen LogP contribution in [0.1, 0.15) is 59.3 Å². The molecule has 4 fully saturated rings. The van der Waals surface area contributed by atoms with Gasteiger partial charge in [-0.2, -0.15) is 0 Å². The first-order chi connectivity index (χ1) is 10.9. The average Bonchev–Trinajstić information content (AvgIpc) is 3.25. The molecule has 4 saturated carbocycles. The second-order valence-corrected chi connectivity index (χ2v) is 10.6. The number of carbonyl (C=O) groups excluding carboxylic acids is 1. The Kier molecular flexibility index (Phi) is 3.88. The Balaban J connectivity index is 1.55. The number of ether oxygens (including phenoxy) is 1. The van der Waals surface area contributed by atoms with E-state index >= 15 is 0 Å². The van der Waals surface area contributed by atoms with Crippen molar-refractivity contribution in [3.8, 4) is 0 Å². The monoisotopic (exact) mass is 336 g/mol. The normalized spacial score (nSPS) is 47.7. The average molecular weight is 336 g/mol. The fraction of sp³-hybridized carbons (Fsp3) is 0.950. The van der Waals surface area contributed by atoms with E-state index in [9.17, 15) is 4.79 Å². The minimum Gasteiger partial charge on any atom is -0.458 e. The summed E-state index contributed by atoms with van der Waals surface area (Å²) in [4.78, 5) is 12.9. The Hall–Kier alpha value is -0.100. The molecule has 4 rings (SSSR count). The molecule has 0 radical (unpaired) electrons. The van der Waals surface area contributed by atoms with Crippen molar-refractivity contribution in [2.75, 3.05) is 12.8 Å². The van der Waals surface area contributed by atoms with Gasteiger partial charge in [0.1, 0.15) is 5.60 Å². The van der Waals surface area contributed by atoms with E-state index in [1.807, 2.05) is 0 Å². The quantitative estimate of drug-likeness (QED) is 0.413. The number of esters is 1. The predicted molar refractivity (Wildman–Crippen MR) is 96.0 cm³/mol. The molecule has 4 aliphatic carbocycles. The Morgan fingerprint density at radius 2 is 1.87 bits per heavy atom. The lowest BCUT2D eigenvalue weighted by molar-refractivity contribution is -0.181. The van der Waals surface area contributed by atoms with E-state index in [2.05, 4.69) is 27.4 Å². The van der Waals surface area contributed by atoms with E-state index < -0.39 is 0 Å². The third-order valence-electron chi connectivity index (χ3n) is 7.96. The van der Waals surface area contributed by atoms with Crippen LogP contribution in [0.2, 0.25) is 0 Å². The van der Waals surface area contributed by atoms with Gasteiger partial charge in [-0.25, -0.2) is 0 Å². The molecule has 23 heavy (non-hydrogen) atoms. The summed E-state index contributed by atoms with van der Waals surface area (Å²) in [5, 5.41) is 0. The lowest BCUT2D eigenvalue weighted by Crippen LogP contribution is -2.49. The molecule has 0 amide bonds. The van der Waals surface area contributed by atoms with Crippen LogP contribution in [-0.4, -0.2) is 24.4 Å². The van der Waals surface area contributed by atoms with Gasteiger partial charge in [0.2, 0.25) is 0 Å². The van der Waals surface area contributed by atoms with Crippen molar-refractivity contribution in [2.45, 2.75) is 64.9 Å². The second-order valence-electron chi connectivity index (χ2n) is 9.52. The van der Waals surface area contributed by atoms with Gasteiger partial charge < -0.3 is 4.74 Å². The standard InChI is InChI=1S/C20H33O2P/c1-5-20(22-18(21)19(2,3)11-23-4)10-14-9-15(20)17-13-7-6-12(8-13)16(14)17/h12-17,23H,5-11H2,1-4H3. The number of carbonyl (C=O) groups is 1. The van der Waals surface area contributed by atoms with Crippen molar-refractivity contribution in [3.63, 3.8) is 0 Å². The Labute approximate surface area is 143 Å². The number of hydrogen-bond acceptors (Lipinski definition) is 2. The van der Waals surface area contributed by atoms with E-state index in [1.165, 1.54) is 25.7 Å². The summed E-state index contributed by atoms with van der Waals surface area (Å²) in [6.45, 7) is 8.58. The zero-order valence-corrected chi connectivity index (χ0v) is 16.2. The van der Waals surface area contributed by atoms with Crippen molar-refractivity contribution in [2.24, 2.45) is 40.9 Å². The summed E-state index contributed by atoms with van der Waals surface area (Å²) in [5.74, 6) is 5.43. The van der Waals surface area contributed by atoms with Gasteiger partial charge >= 0.3 is 5.97 Å². The zero-order valence-electron chi connectivity index (χ0n) is 15.2. The van der Waals surface area contributed by atoms with Gasteiger partial charge in [0.15, 0.2) is 0 Å². The number of fused-ring (bicyclic) bond motifs is 9. The molecule has 3 heteroatoms. The Morgan fingerprint density at radius 3 is 2.52 bits per heavy atom. The fourth-order valence-electron chi connectivity index (χ4n) is 7.13. The first-order valence-corrected chi connectivity index (χ1v) is 11.5. The van der Waals surface area contributed by atoms with Crippen LogP contribution >= 0.6 is 8.58 Å². The van der Waals surface area contributed by atoms with Crippen molar-refractivity contribution in [3.05, 3.63) is 0 Å². The van der Waals surface area contributed by atoms with Gasteiger partial charge in [-0.3, -0.25) is 4.79 Å². The lowest BCUT2D eigenvalue weighted by atomic mass is 9.65. The predicted octanol–water partition coefficient (Wildman–Crippen LogP) is 4.72. The molecular formula is C20H33O2P. The summed E-state index contributed by atoms with van der Waals surface area (Å²) in [7, 11) is 0.811. The fourth-order valence-corrected chi connectivity index (χ4v) is 8.16. The van der Waals surface area contributed by atoms with Crippen molar-refractivity contribution in [1.82, 2.24) is 0 Å². The first kappa shape index (κ1) is 16.4. The van der Waals surface area contributed by atoms with Crippen LogP contribution in [0.4, 0.5) is 0 Å². The van der Waals surface area contributed by atoms with Gasteiger partial charge in [0.05, 0.1) is 5.41 Å². The van der Waals surface area contributed by atoms with E-state index in [0.717, 1.165) is 57.2 Å².